The quantitative estimate of drug-likeness (QED) is 0.714. The summed E-state index contributed by atoms with van der Waals surface area (Å²) in [7, 11) is 0. The van der Waals surface area contributed by atoms with Crippen LogP contribution in [0.1, 0.15) is 42.0 Å². The predicted octanol–water partition coefficient (Wildman–Crippen LogP) is 2.81. The average Bonchev–Trinajstić information content (AvgIpc) is 3.32. The molecule has 1 aromatic carbocycles. The summed E-state index contributed by atoms with van der Waals surface area (Å²) in [6.07, 6.45) is 5.28. The van der Waals surface area contributed by atoms with Gasteiger partial charge in [0.05, 0.1) is 6.04 Å². The van der Waals surface area contributed by atoms with Crippen molar-refractivity contribution in [3.05, 3.63) is 72.3 Å². The summed E-state index contributed by atoms with van der Waals surface area (Å²) < 4.78 is 3.20. The zero-order valence-corrected chi connectivity index (χ0v) is 14.5. The molecule has 0 aliphatic rings. The molecule has 2 aromatic heterocycles. The van der Waals surface area contributed by atoms with Gasteiger partial charge in [0.1, 0.15) is 11.7 Å². The molecular formula is C19H20N4O3. The number of hydrogen-bond acceptors (Lipinski definition) is 3. The molecule has 0 aliphatic heterocycles. The Bertz CT molecular complexity index is 915. The van der Waals surface area contributed by atoms with Gasteiger partial charge in [-0.25, -0.2) is 9.48 Å². The molecular weight excluding hydrogens is 332 g/mol. The summed E-state index contributed by atoms with van der Waals surface area (Å²) in [5, 5.41) is 16.1. The van der Waals surface area contributed by atoms with E-state index in [9.17, 15) is 14.7 Å². The van der Waals surface area contributed by atoms with Crippen molar-refractivity contribution in [3.8, 4) is 5.69 Å². The van der Waals surface area contributed by atoms with Crippen molar-refractivity contribution in [1.82, 2.24) is 19.7 Å². The summed E-state index contributed by atoms with van der Waals surface area (Å²) in [4.78, 5) is 23.8. The van der Waals surface area contributed by atoms with Crippen LogP contribution in [0, 0.1) is 0 Å². The van der Waals surface area contributed by atoms with Gasteiger partial charge in [0, 0.05) is 24.3 Å². The normalized spacial score (nSPS) is 13.2. The molecule has 0 saturated heterocycles. The van der Waals surface area contributed by atoms with E-state index in [0.717, 1.165) is 11.3 Å². The lowest BCUT2D eigenvalue weighted by Gasteiger charge is -2.19. The van der Waals surface area contributed by atoms with Crippen LogP contribution in [-0.2, 0) is 4.79 Å². The van der Waals surface area contributed by atoms with Crippen LogP contribution in [0.5, 0.6) is 0 Å². The molecule has 0 spiro atoms. The van der Waals surface area contributed by atoms with E-state index in [-0.39, 0.29) is 17.6 Å². The molecule has 0 fully saturated rings. The van der Waals surface area contributed by atoms with Crippen LogP contribution in [0.4, 0.5) is 0 Å². The SMILES string of the molecule is CC(NC(=O)C(C)n1nccc1C(=O)O)c1cccc(-n2cccc2)c1. The van der Waals surface area contributed by atoms with Gasteiger partial charge in [0.15, 0.2) is 0 Å². The van der Waals surface area contributed by atoms with Crippen LogP contribution in [0.25, 0.3) is 5.69 Å². The van der Waals surface area contributed by atoms with Gasteiger partial charge >= 0.3 is 5.97 Å². The van der Waals surface area contributed by atoms with Gasteiger partial charge in [0.25, 0.3) is 0 Å². The molecule has 2 atom stereocenters. The Hall–Kier alpha value is -3.35. The summed E-state index contributed by atoms with van der Waals surface area (Å²) in [6, 6.07) is 12.2. The smallest absolute Gasteiger partial charge is 0.354 e. The maximum absolute atomic E-state index is 12.5. The second-order valence-corrected chi connectivity index (χ2v) is 6.06. The molecule has 0 saturated carbocycles. The number of amides is 1. The second-order valence-electron chi connectivity index (χ2n) is 6.06. The molecule has 0 aliphatic carbocycles. The number of aromatic carboxylic acids is 1. The van der Waals surface area contributed by atoms with Crippen LogP contribution in [-0.4, -0.2) is 31.3 Å². The molecule has 7 nitrogen and oxygen atoms in total. The number of carboxylic acids is 1. The van der Waals surface area contributed by atoms with Crippen molar-refractivity contribution in [2.75, 3.05) is 0 Å². The van der Waals surface area contributed by atoms with E-state index in [0.29, 0.717) is 0 Å². The first-order valence-electron chi connectivity index (χ1n) is 8.28. The van der Waals surface area contributed by atoms with Gasteiger partial charge < -0.3 is 15.0 Å². The molecule has 2 N–H and O–H groups in total. The van der Waals surface area contributed by atoms with Gasteiger partial charge in [-0.1, -0.05) is 12.1 Å². The molecule has 134 valence electrons. The number of nitrogens with zero attached hydrogens (tertiary/aromatic N) is 3. The van der Waals surface area contributed by atoms with Gasteiger partial charge in [-0.2, -0.15) is 5.10 Å². The molecule has 0 bridgehead atoms. The standard InChI is InChI=1S/C19H20N4O3/c1-13(15-6-5-7-16(12-15)22-10-3-4-11-22)21-18(24)14(2)23-17(19(25)26)8-9-20-23/h3-14H,1-2H3,(H,21,24)(H,25,26). The lowest BCUT2D eigenvalue weighted by molar-refractivity contribution is -0.124. The first-order valence-corrected chi connectivity index (χ1v) is 8.28. The monoisotopic (exact) mass is 352 g/mol. The van der Waals surface area contributed by atoms with E-state index in [2.05, 4.69) is 10.4 Å². The van der Waals surface area contributed by atoms with E-state index in [1.54, 1.807) is 6.92 Å². The molecule has 2 unspecified atom stereocenters. The van der Waals surface area contributed by atoms with Gasteiger partial charge in [0.2, 0.25) is 5.91 Å². The highest BCUT2D eigenvalue weighted by Gasteiger charge is 2.22. The summed E-state index contributed by atoms with van der Waals surface area (Å²) in [5.41, 5.74) is 1.94. The third-order valence-corrected chi connectivity index (χ3v) is 4.27. The van der Waals surface area contributed by atoms with Crippen molar-refractivity contribution in [3.63, 3.8) is 0 Å². The van der Waals surface area contributed by atoms with E-state index < -0.39 is 12.0 Å². The first kappa shape index (κ1) is 17.5. The zero-order chi connectivity index (χ0) is 18.7. The van der Waals surface area contributed by atoms with Crippen molar-refractivity contribution in [2.24, 2.45) is 0 Å². The average molecular weight is 352 g/mol. The number of rotatable bonds is 6. The highest BCUT2D eigenvalue weighted by Crippen LogP contribution is 2.18. The maximum Gasteiger partial charge on any atom is 0.354 e. The fourth-order valence-electron chi connectivity index (χ4n) is 2.78. The molecule has 3 aromatic rings. The third kappa shape index (κ3) is 3.51. The number of carbonyl (C=O) groups excluding carboxylic acids is 1. The topological polar surface area (TPSA) is 89.2 Å². The summed E-state index contributed by atoms with van der Waals surface area (Å²) >= 11 is 0. The van der Waals surface area contributed by atoms with Crippen molar-refractivity contribution in [2.45, 2.75) is 25.9 Å². The molecule has 26 heavy (non-hydrogen) atoms. The second kappa shape index (κ2) is 7.26. The lowest BCUT2D eigenvalue weighted by Crippen LogP contribution is -2.34. The highest BCUT2D eigenvalue weighted by molar-refractivity contribution is 5.87. The fraction of sp³-hybridized carbons (Fsp3) is 0.211. The molecule has 2 heterocycles. The van der Waals surface area contributed by atoms with Gasteiger partial charge in [-0.15, -0.1) is 0 Å². The van der Waals surface area contributed by atoms with E-state index in [1.165, 1.54) is 16.9 Å². The molecule has 0 radical (unpaired) electrons. The maximum atomic E-state index is 12.5. The number of carboxylic acid groups (broad SMARTS) is 1. The van der Waals surface area contributed by atoms with Crippen LogP contribution in [0.2, 0.25) is 0 Å². The lowest BCUT2D eigenvalue weighted by atomic mass is 10.1. The van der Waals surface area contributed by atoms with Crippen molar-refractivity contribution < 1.29 is 14.7 Å². The van der Waals surface area contributed by atoms with Gasteiger partial charge in [-0.3, -0.25) is 4.79 Å². The van der Waals surface area contributed by atoms with E-state index >= 15 is 0 Å². The summed E-state index contributed by atoms with van der Waals surface area (Å²) in [5.74, 6) is -1.41. The number of aromatic nitrogens is 3. The molecule has 7 heteroatoms. The predicted molar refractivity (Wildman–Crippen MR) is 96.2 cm³/mol. The Kier molecular flexibility index (Phi) is 4.88. The molecule has 1 amide bonds. The Morgan fingerprint density at radius 3 is 2.54 bits per heavy atom. The van der Waals surface area contributed by atoms with Crippen LogP contribution < -0.4 is 5.32 Å². The Morgan fingerprint density at radius 2 is 1.85 bits per heavy atom. The minimum atomic E-state index is -1.12. The Balaban J connectivity index is 1.74. The minimum Gasteiger partial charge on any atom is -0.477 e. The van der Waals surface area contributed by atoms with Crippen LogP contribution in [0.3, 0.4) is 0 Å². The third-order valence-electron chi connectivity index (χ3n) is 4.27. The molecule has 3 rings (SSSR count). The highest BCUT2D eigenvalue weighted by atomic mass is 16.4. The van der Waals surface area contributed by atoms with E-state index in [1.807, 2.05) is 60.3 Å². The summed E-state index contributed by atoms with van der Waals surface area (Å²) in [6.45, 7) is 3.51. The van der Waals surface area contributed by atoms with Crippen molar-refractivity contribution >= 4 is 11.9 Å². The number of carbonyl (C=O) groups is 2. The first-order chi connectivity index (χ1) is 12.5. The fourth-order valence-corrected chi connectivity index (χ4v) is 2.78. The van der Waals surface area contributed by atoms with Gasteiger partial charge in [-0.05, 0) is 49.7 Å². The Labute approximate surface area is 150 Å². The van der Waals surface area contributed by atoms with Crippen LogP contribution >= 0.6 is 0 Å². The minimum absolute atomic E-state index is 0.0186. The number of benzene rings is 1. The number of nitrogens with one attached hydrogen (secondary N) is 1. The number of hydrogen-bond donors (Lipinski definition) is 2. The van der Waals surface area contributed by atoms with Crippen molar-refractivity contribution in [1.29, 1.82) is 0 Å². The van der Waals surface area contributed by atoms with Crippen LogP contribution in [0.15, 0.2) is 61.1 Å². The Morgan fingerprint density at radius 1 is 1.12 bits per heavy atom. The zero-order valence-electron chi connectivity index (χ0n) is 14.5. The van der Waals surface area contributed by atoms with E-state index in [4.69, 9.17) is 0 Å². The largest absolute Gasteiger partial charge is 0.477 e.